The largest absolute Gasteiger partial charge is 0.228 e. The molecule has 0 radical (unpaired) electrons. The average molecular weight is 505 g/mol. The van der Waals surface area contributed by atoms with Crippen LogP contribution in [0.3, 0.4) is 0 Å². The Balaban J connectivity index is 1.89. The van der Waals surface area contributed by atoms with Crippen molar-refractivity contribution >= 4 is 49.2 Å². The predicted octanol–water partition coefficient (Wildman–Crippen LogP) is 6.72. The van der Waals surface area contributed by atoms with E-state index in [1.54, 1.807) is 18.2 Å². The van der Waals surface area contributed by atoms with Crippen LogP contribution in [-0.4, -0.2) is 8.42 Å². The van der Waals surface area contributed by atoms with Crippen LogP contribution in [0.25, 0.3) is 0 Å². The van der Waals surface area contributed by atoms with E-state index in [1.165, 1.54) is 11.1 Å². The standard InChI is InChI=1S/C21H24BrCl2NO2S/c1-21(2)11-10-13(15-4-3-5-16(22)20(15)21)7-9-19(28(25,26)27)14-6-8-17(23)18(24)12-14/h3-6,8,12-13,19H,7,9-11H2,1-2H3,(H2,25,26,27). The number of primary sulfonamides is 1. The molecule has 7 heteroatoms. The lowest BCUT2D eigenvalue weighted by atomic mass is 9.68. The Kier molecular flexibility index (Phi) is 6.53. The molecule has 2 atom stereocenters. The van der Waals surface area contributed by atoms with Crippen molar-refractivity contribution in [2.75, 3.05) is 0 Å². The highest BCUT2D eigenvalue weighted by molar-refractivity contribution is 9.10. The van der Waals surface area contributed by atoms with E-state index in [0.29, 0.717) is 27.9 Å². The minimum atomic E-state index is -3.77. The number of nitrogens with two attached hydrogens (primary N) is 1. The molecule has 0 bridgehead atoms. The Morgan fingerprint density at radius 1 is 1.21 bits per heavy atom. The van der Waals surface area contributed by atoms with Gasteiger partial charge in [0, 0.05) is 4.47 Å². The SMILES string of the molecule is CC1(C)CCC(CCC(c2ccc(Cl)c(Cl)c2)S(N)(=O)=O)c2cccc(Br)c21. The van der Waals surface area contributed by atoms with Gasteiger partial charge in [-0.05, 0) is 71.9 Å². The van der Waals surface area contributed by atoms with E-state index in [9.17, 15) is 8.42 Å². The van der Waals surface area contributed by atoms with Gasteiger partial charge in [0.05, 0.1) is 10.0 Å². The first-order chi connectivity index (χ1) is 13.0. The minimum absolute atomic E-state index is 0.0922. The zero-order valence-electron chi connectivity index (χ0n) is 15.9. The van der Waals surface area contributed by atoms with Gasteiger partial charge in [0.2, 0.25) is 10.0 Å². The van der Waals surface area contributed by atoms with Crippen LogP contribution in [0.15, 0.2) is 40.9 Å². The van der Waals surface area contributed by atoms with Crippen LogP contribution in [0.5, 0.6) is 0 Å². The van der Waals surface area contributed by atoms with E-state index in [2.05, 4.69) is 41.9 Å². The fourth-order valence-corrected chi connectivity index (χ4v) is 6.51. The molecule has 2 N–H and O–H groups in total. The maximum atomic E-state index is 12.3. The molecule has 0 saturated carbocycles. The van der Waals surface area contributed by atoms with Crippen LogP contribution in [0.2, 0.25) is 10.0 Å². The molecule has 0 aromatic heterocycles. The number of benzene rings is 2. The second kappa shape index (κ2) is 8.27. The number of hydrogen-bond donors (Lipinski definition) is 1. The summed E-state index contributed by atoms with van der Waals surface area (Å²) in [5.41, 5.74) is 3.30. The summed E-state index contributed by atoms with van der Waals surface area (Å²) in [6, 6.07) is 11.2. The van der Waals surface area contributed by atoms with Gasteiger partial charge in [0.1, 0.15) is 5.25 Å². The molecule has 3 nitrogen and oxygen atoms in total. The van der Waals surface area contributed by atoms with Crippen molar-refractivity contribution in [2.24, 2.45) is 5.14 Å². The highest BCUT2D eigenvalue weighted by Gasteiger charge is 2.35. The zero-order chi connectivity index (χ0) is 20.7. The van der Waals surface area contributed by atoms with Crippen molar-refractivity contribution in [3.05, 3.63) is 67.6 Å². The van der Waals surface area contributed by atoms with Gasteiger partial charge in [-0.1, -0.05) is 71.2 Å². The van der Waals surface area contributed by atoms with E-state index in [4.69, 9.17) is 28.3 Å². The summed E-state index contributed by atoms with van der Waals surface area (Å²) in [6.45, 7) is 4.52. The monoisotopic (exact) mass is 503 g/mol. The lowest BCUT2D eigenvalue weighted by Gasteiger charge is -2.38. The van der Waals surface area contributed by atoms with Crippen molar-refractivity contribution in [2.45, 2.75) is 56.1 Å². The Bertz CT molecular complexity index is 992. The topological polar surface area (TPSA) is 60.2 Å². The summed E-state index contributed by atoms with van der Waals surface area (Å²) in [5.74, 6) is 0.299. The van der Waals surface area contributed by atoms with Crippen LogP contribution >= 0.6 is 39.1 Å². The van der Waals surface area contributed by atoms with Crippen LogP contribution in [-0.2, 0) is 15.4 Å². The third kappa shape index (κ3) is 4.59. The summed E-state index contributed by atoms with van der Waals surface area (Å²) >= 11 is 15.8. The fourth-order valence-electron chi connectivity index (χ4n) is 4.30. The summed E-state index contributed by atoms with van der Waals surface area (Å²) in [6.07, 6.45) is 3.25. The first kappa shape index (κ1) is 22.1. The summed E-state index contributed by atoms with van der Waals surface area (Å²) in [4.78, 5) is 0. The third-order valence-corrected chi connectivity index (χ3v) is 8.47. The van der Waals surface area contributed by atoms with Crippen molar-refractivity contribution in [1.29, 1.82) is 0 Å². The van der Waals surface area contributed by atoms with Gasteiger partial charge in [-0.15, -0.1) is 0 Å². The molecule has 2 aromatic carbocycles. The quantitative estimate of drug-likeness (QED) is 0.491. The number of fused-ring (bicyclic) bond motifs is 1. The lowest BCUT2D eigenvalue weighted by Crippen LogP contribution is -2.28. The minimum Gasteiger partial charge on any atom is -0.228 e. The number of halogens is 3. The molecule has 0 amide bonds. The van der Waals surface area contributed by atoms with Gasteiger partial charge in [0.15, 0.2) is 0 Å². The van der Waals surface area contributed by atoms with Crippen molar-refractivity contribution in [3.8, 4) is 0 Å². The highest BCUT2D eigenvalue weighted by atomic mass is 79.9. The molecule has 0 aliphatic heterocycles. The maximum Gasteiger partial charge on any atom is 0.216 e. The molecular weight excluding hydrogens is 481 g/mol. The molecule has 2 aromatic rings. The Hall–Kier alpha value is -0.590. The first-order valence-electron chi connectivity index (χ1n) is 9.26. The van der Waals surface area contributed by atoms with Crippen LogP contribution in [0.4, 0.5) is 0 Å². The van der Waals surface area contributed by atoms with Gasteiger partial charge in [0.25, 0.3) is 0 Å². The van der Waals surface area contributed by atoms with Crippen molar-refractivity contribution in [3.63, 3.8) is 0 Å². The average Bonchev–Trinajstić information content (AvgIpc) is 2.58. The third-order valence-electron chi connectivity index (χ3n) is 5.77. The van der Waals surface area contributed by atoms with Crippen molar-refractivity contribution in [1.82, 2.24) is 0 Å². The predicted molar refractivity (Wildman–Crippen MR) is 121 cm³/mol. The van der Waals surface area contributed by atoms with Gasteiger partial charge in [-0.25, -0.2) is 13.6 Å². The van der Waals surface area contributed by atoms with Crippen LogP contribution in [0.1, 0.15) is 67.4 Å². The van der Waals surface area contributed by atoms with Crippen molar-refractivity contribution < 1.29 is 8.42 Å². The number of rotatable bonds is 5. The second-order valence-electron chi connectivity index (χ2n) is 8.15. The smallest absolute Gasteiger partial charge is 0.216 e. The molecule has 152 valence electrons. The van der Waals surface area contributed by atoms with Crippen LogP contribution < -0.4 is 5.14 Å². The normalized spacial score (nSPS) is 19.9. The fraction of sp³-hybridized carbons (Fsp3) is 0.429. The molecule has 2 unspecified atom stereocenters. The van der Waals surface area contributed by atoms with Crippen LogP contribution in [0, 0.1) is 0 Å². The Morgan fingerprint density at radius 2 is 1.93 bits per heavy atom. The van der Waals surface area contributed by atoms with Gasteiger partial charge >= 0.3 is 0 Å². The van der Waals surface area contributed by atoms with E-state index >= 15 is 0 Å². The molecule has 0 spiro atoms. The van der Waals surface area contributed by atoms with E-state index in [0.717, 1.165) is 23.7 Å². The van der Waals surface area contributed by atoms with E-state index < -0.39 is 15.3 Å². The molecule has 28 heavy (non-hydrogen) atoms. The summed E-state index contributed by atoms with van der Waals surface area (Å²) in [5, 5.41) is 5.50. The summed E-state index contributed by atoms with van der Waals surface area (Å²) < 4.78 is 25.7. The molecule has 0 fully saturated rings. The second-order valence-corrected chi connectivity index (χ2v) is 11.6. The molecule has 3 rings (SSSR count). The van der Waals surface area contributed by atoms with E-state index in [1.807, 2.05) is 6.07 Å². The van der Waals surface area contributed by atoms with Gasteiger partial charge < -0.3 is 0 Å². The van der Waals surface area contributed by atoms with Gasteiger partial charge in [-0.3, -0.25) is 0 Å². The molecular formula is C21H24BrCl2NO2S. The number of sulfonamides is 1. The molecule has 1 aliphatic carbocycles. The lowest BCUT2D eigenvalue weighted by molar-refractivity contribution is 0.375. The maximum absolute atomic E-state index is 12.3. The first-order valence-corrected chi connectivity index (χ1v) is 12.4. The Labute approximate surface area is 185 Å². The summed E-state index contributed by atoms with van der Waals surface area (Å²) in [7, 11) is -3.77. The Morgan fingerprint density at radius 3 is 2.57 bits per heavy atom. The molecule has 1 aliphatic rings. The number of hydrogen-bond acceptors (Lipinski definition) is 2. The van der Waals surface area contributed by atoms with E-state index in [-0.39, 0.29) is 5.41 Å². The highest BCUT2D eigenvalue weighted by Crippen LogP contribution is 2.48. The zero-order valence-corrected chi connectivity index (χ0v) is 19.8. The van der Waals surface area contributed by atoms with Gasteiger partial charge in [-0.2, -0.15) is 0 Å². The molecule has 0 saturated heterocycles. The molecule has 0 heterocycles.